The van der Waals surface area contributed by atoms with Crippen molar-refractivity contribution < 1.29 is 14.3 Å². The fourth-order valence-corrected chi connectivity index (χ4v) is 3.19. The van der Waals surface area contributed by atoms with Crippen LogP contribution in [0, 0.1) is 5.92 Å². The van der Waals surface area contributed by atoms with E-state index in [1.54, 1.807) is 13.2 Å². The van der Waals surface area contributed by atoms with E-state index in [0.717, 1.165) is 31.1 Å². The number of ether oxygens (including phenoxy) is 2. The first-order valence-corrected chi connectivity index (χ1v) is 10.4. The standard InChI is InChI=1S/C21H33N5O3/c1-21(2,3)29-20(27)25-17-8-10-26(13-17)19(22-4)24-12-16-7-9-23-18(11-16)28-14-15-5-6-15/h7,9,11,15,17H,5-6,8,10,12-14H2,1-4H3,(H,22,24)(H,25,27). The minimum absolute atomic E-state index is 0.0479. The highest BCUT2D eigenvalue weighted by Crippen LogP contribution is 2.29. The number of alkyl carbamates (subject to hydrolysis) is 1. The Labute approximate surface area is 173 Å². The smallest absolute Gasteiger partial charge is 0.407 e. The summed E-state index contributed by atoms with van der Waals surface area (Å²) in [5.74, 6) is 2.19. The molecule has 1 aliphatic carbocycles. The molecule has 0 spiro atoms. The number of hydrogen-bond acceptors (Lipinski definition) is 5. The Hall–Kier alpha value is -2.51. The van der Waals surface area contributed by atoms with Gasteiger partial charge in [-0.2, -0.15) is 0 Å². The van der Waals surface area contributed by atoms with E-state index in [2.05, 4.69) is 25.5 Å². The molecule has 1 aromatic rings. The molecule has 160 valence electrons. The van der Waals surface area contributed by atoms with Crippen LogP contribution in [-0.4, -0.2) is 60.3 Å². The Kier molecular flexibility index (Phi) is 6.82. The second kappa shape index (κ2) is 9.33. The van der Waals surface area contributed by atoms with Crippen molar-refractivity contribution in [2.24, 2.45) is 10.9 Å². The lowest BCUT2D eigenvalue weighted by atomic mass is 10.2. The molecule has 1 amide bonds. The Balaban J connectivity index is 1.45. The summed E-state index contributed by atoms with van der Waals surface area (Å²) in [6.07, 6.45) is 4.78. The molecule has 2 heterocycles. The quantitative estimate of drug-likeness (QED) is 0.561. The monoisotopic (exact) mass is 403 g/mol. The molecule has 2 N–H and O–H groups in total. The van der Waals surface area contributed by atoms with E-state index >= 15 is 0 Å². The Morgan fingerprint density at radius 3 is 2.83 bits per heavy atom. The van der Waals surface area contributed by atoms with E-state index in [1.165, 1.54) is 12.8 Å². The number of nitrogens with zero attached hydrogens (tertiary/aromatic N) is 3. The summed E-state index contributed by atoms with van der Waals surface area (Å²) >= 11 is 0. The van der Waals surface area contributed by atoms with Crippen molar-refractivity contribution in [1.82, 2.24) is 20.5 Å². The van der Waals surface area contributed by atoms with Gasteiger partial charge in [-0.3, -0.25) is 4.99 Å². The molecule has 8 nitrogen and oxygen atoms in total. The van der Waals surface area contributed by atoms with Crippen molar-refractivity contribution in [3.63, 3.8) is 0 Å². The Morgan fingerprint density at radius 1 is 1.34 bits per heavy atom. The average Bonchev–Trinajstić information content (AvgIpc) is 3.38. The van der Waals surface area contributed by atoms with Crippen LogP contribution in [0.1, 0.15) is 45.6 Å². The zero-order valence-corrected chi connectivity index (χ0v) is 17.9. The third-order valence-electron chi connectivity index (χ3n) is 4.83. The van der Waals surface area contributed by atoms with Crippen LogP contribution in [0.3, 0.4) is 0 Å². The van der Waals surface area contributed by atoms with E-state index in [-0.39, 0.29) is 12.1 Å². The number of carbonyl (C=O) groups is 1. The second-order valence-corrected chi connectivity index (χ2v) is 8.74. The normalized spacial score (nSPS) is 19.8. The van der Waals surface area contributed by atoms with Crippen LogP contribution in [0.2, 0.25) is 0 Å². The zero-order chi connectivity index (χ0) is 20.9. The molecule has 0 bridgehead atoms. The highest BCUT2D eigenvalue weighted by atomic mass is 16.6. The number of likely N-dealkylation sites (tertiary alicyclic amines) is 1. The number of rotatable bonds is 6. The van der Waals surface area contributed by atoms with Gasteiger partial charge < -0.3 is 25.0 Å². The lowest BCUT2D eigenvalue weighted by Crippen LogP contribution is -2.44. The maximum atomic E-state index is 12.0. The van der Waals surface area contributed by atoms with Gasteiger partial charge in [-0.05, 0) is 57.6 Å². The Bertz CT molecular complexity index is 727. The molecule has 29 heavy (non-hydrogen) atoms. The van der Waals surface area contributed by atoms with Crippen LogP contribution in [0.15, 0.2) is 23.3 Å². The molecule has 0 aromatic carbocycles. The van der Waals surface area contributed by atoms with Crippen LogP contribution >= 0.6 is 0 Å². The number of hydrogen-bond donors (Lipinski definition) is 2. The van der Waals surface area contributed by atoms with E-state index in [9.17, 15) is 4.79 Å². The van der Waals surface area contributed by atoms with Crippen molar-refractivity contribution in [3.05, 3.63) is 23.9 Å². The van der Waals surface area contributed by atoms with Crippen LogP contribution in [0.4, 0.5) is 4.79 Å². The summed E-state index contributed by atoms with van der Waals surface area (Å²) in [4.78, 5) is 22.8. The largest absolute Gasteiger partial charge is 0.477 e. The molecule has 1 atom stereocenters. The zero-order valence-electron chi connectivity index (χ0n) is 17.9. The SMILES string of the molecule is CN=C(NCc1ccnc(OCC2CC2)c1)N1CCC(NC(=O)OC(C)(C)C)C1. The average molecular weight is 404 g/mol. The van der Waals surface area contributed by atoms with Gasteiger partial charge >= 0.3 is 6.09 Å². The number of amides is 1. The van der Waals surface area contributed by atoms with Gasteiger partial charge in [0.05, 0.1) is 12.6 Å². The van der Waals surface area contributed by atoms with Crippen LogP contribution < -0.4 is 15.4 Å². The van der Waals surface area contributed by atoms with E-state index in [0.29, 0.717) is 24.9 Å². The fraction of sp³-hybridized carbons (Fsp3) is 0.667. The number of guanidine groups is 1. The van der Waals surface area contributed by atoms with Crippen LogP contribution in [0.25, 0.3) is 0 Å². The second-order valence-electron chi connectivity index (χ2n) is 8.74. The number of nitrogens with one attached hydrogen (secondary N) is 2. The van der Waals surface area contributed by atoms with Crippen molar-refractivity contribution in [1.29, 1.82) is 0 Å². The van der Waals surface area contributed by atoms with Gasteiger partial charge in [0.25, 0.3) is 0 Å². The third-order valence-corrected chi connectivity index (χ3v) is 4.83. The molecule has 1 saturated carbocycles. The number of carbonyl (C=O) groups excluding carboxylic acids is 1. The van der Waals surface area contributed by atoms with E-state index in [4.69, 9.17) is 9.47 Å². The third kappa shape index (κ3) is 7.11. The summed E-state index contributed by atoms with van der Waals surface area (Å²) in [6, 6.07) is 3.99. The fourth-order valence-electron chi connectivity index (χ4n) is 3.19. The van der Waals surface area contributed by atoms with Gasteiger partial charge in [-0.1, -0.05) is 0 Å². The molecule has 0 radical (unpaired) electrons. The van der Waals surface area contributed by atoms with Gasteiger partial charge in [0, 0.05) is 38.9 Å². The number of pyridine rings is 1. The molecule has 2 aliphatic rings. The van der Waals surface area contributed by atoms with Crippen LogP contribution in [0.5, 0.6) is 5.88 Å². The molecule has 2 fully saturated rings. The van der Waals surface area contributed by atoms with Crippen molar-refractivity contribution in [2.45, 2.75) is 58.2 Å². The summed E-state index contributed by atoms with van der Waals surface area (Å²) in [5.41, 5.74) is 0.598. The molecular weight excluding hydrogens is 370 g/mol. The van der Waals surface area contributed by atoms with Crippen molar-refractivity contribution >= 4 is 12.1 Å². The minimum Gasteiger partial charge on any atom is -0.477 e. The topological polar surface area (TPSA) is 88.1 Å². The lowest BCUT2D eigenvalue weighted by molar-refractivity contribution is 0.0507. The van der Waals surface area contributed by atoms with E-state index in [1.807, 2.05) is 32.9 Å². The summed E-state index contributed by atoms with van der Waals surface area (Å²) < 4.78 is 11.1. The van der Waals surface area contributed by atoms with Gasteiger partial charge in [0.2, 0.25) is 5.88 Å². The van der Waals surface area contributed by atoms with E-state index < -0.39 is 5.60 Å². The van der Waals surface area contributed by atoms with Gasteiger partial charge in [0.1, 0.15) is 5.60 Å². The minimum atomic E-state index is -0.494. The predicted molar refractivity (Wildman–Crippen MR) is 112 cm³/mol. The maximum Gasteiger partial charge on any atom is 0.407 e. The Morgan fingerprint density at radius 2 is 2.14 bits per heavy atom. The molecular formula is C21H33N5O3. The molecule has 1 aliphatic heterocycles. The lowest BCUT2D eigenvalue weighted by Gasteiger charge is -2.23. The first kappa shape index (κ1) is 21.2. The van der Waals surface area contributed by atoms with Gasteiger partial charge in [0.15, 0.2) is 5.96 Å². The maximum absolute atomic E-state index is 12.0. The van der Waals surface area contributed by atoms with Gasteiger partial charge in [-0.15, -0.1) is 0 Å². The highest BCUT2D eigenvalue weighted by molar-refractivity contribution is 5.80. The summed E-state index contributed by atoms with van der Waals surface area (Å²) in [6.45, 7) is 8.50. The number of aromatic nitrogens is 1. The summed E-state index contributed by atoms with van der Waals surface area (Å²) in [7, 11) is 1.77. The number of aliphatic imine (C=N–C) groups is 1. The van der Waals surface area contributed by atoms with Crippen molar-refractivity contribution in [3.8, 4) is 5.88 Å². The molecule has 1 aromatic heterocycles. The molecule has 3 rings (SSSR count). The molecule has 1 saturated heterocycles. The molecule has 8 heteroatoms. The highest BCUT2D eigenvalue weighted by Gasteiger charge is 2.28. The van der Waals surface area contributed by atoms with Crippen LogP contribution in [-0.2, 0) is 11.3 Å². The van der Waals surface area contributed by atoms with Crippen molar-refractivity contribution in [2.75, 3.05) is 26.7 Å². The first-order chi connectivity index (χ1) is 13.8. The first-order valence-electron chi connectivity index (χ1n) is 10.4. The predicted octanol–water partition coefficient (Wildman–Crippen LogP) is 2.54. The van der Waals surface area contributed by atoms with Gasteiger partial charge in [-0.25, -0.2) is 9.78 Å². The molecule has 1 unspecified atom stereocenters. The summed E-state index contributed by atoms with van der Waals surface area (Å²) in [5, 5.41) is 6.34.